The normalized spacial score (nSPS) is 10.6. The summed E-state index contributed by atoms with van der Waals surface area (Å²) >= 11 is 13.5. The first-order valence-electron chi connectivity index (χ1n) is 5.64. The van der Waals surface area contributed by atoms with E-state index in [0.717, 1.165) is 28.6 Å². The predicted octanol–water partition coefficient (Wildman–Crippen LogP) is 4.89. The summed E-state index contributed by atoms with van der Waals surface area (Å²) in [7, 11) is 0. The van der Waals surface area contributed by atoms with Gasteiger partial charge >= 0.3 is 0 Å². The third-order valence-corrected chi connectivity index (χ3v) is 3.55. The Bertz CT molecular complexity index is 546. The number of benzene rings is 1. The molecule has 0 spiro atoms. The van der Waals surface area contributed by atoms with Crippen LogP contribution in [0.25, 0.3) is 0 Å². The fraction of sp³-hybridized carbons (Fsp3) is 0.231. The molecule has 0 atom stereocenters. The van der Waals surface area contributed by atoms with Crippen LogP contribution in [-0.4, -0.2) is 9.97 Å². The standard InChI is InChI=1S/C13H12Cl2N2S/c1-2-4-12-16-11(15)8-13(17-12)18-10-6-3-5-9(14)7-10/h3,5-8H,2,4H2,1H3. The van der Waals surface area contributed by atoms with E-state index in [0.29, 0.717) is 10.2 Å². The minimum atomic E-state index is 0.484. The van der Waals surface area contributed by atoms with E-state index in [9.17, 15) is 0 Å². The van der Waals surface area contributed by atoms with Crippen LogP contribution in [0.5, 0.6) is 0 Å². The van der Waals surface area contributed by atoms with Gasteiger partial charge in [0, 0.05) is 22.4 Å². The average molecular weight is 299 g/mol. The molecule has 5 heteroatoms. The molecule has 0 aliphatic heterocycles. The summed E-state index contributed by atoms with van der Waals surface area (Å²) in [6.45, 7) is 2.09. The Morgan fingerprint density at radius 1 is 1.17 bits per heavy atom. The van der Waals surface area contributed by atoms with Crippen molar-refractivity contribution in [2.24, 2.45) is 0 Å². The zero-order valence-corrected chi connectivity index (χ0v) is 12.2. The van der Waals surface area contributed by atoms with Gasteiger partial charge < -0.3 is 0 Å². The van der Waals surface area contributed by atoms with Crippen LogP contribution < -0.4 is 0 Å². The average Bonchev–Trinajstić information content (AvgIpc) is 2.28. The van der Waals surface area contributed by atoms with E-state index in [1.807, 2.05) is 24.3 Å². The monoisotopic (exact) mass is 298 g/mol. The minimum Gasteiger partial charge on any atom is -0.226 e. The highest BCUT2D eigenvalue weighted by Gasteiger charge is 2.05. The van der Waals surface area contributed by atoms with Crippen LogP contribution in [0.3, 0.4) is 0 Å². The first kappa shape index (κ1) is 13.7. The van der Waals surface area contributed by atoms with E-state index in [4.69, 9.17) is 23.2 Å². The lowest BCUT2D eigenvalue weighted by molar-refractivity contribution is 0.810. The summed E-state index contributed by atoms with van der Waals surface area (Å²) in [6, 6.07) is 9.43. The maximum Gasteiger partial charge on any atom is 0.133 e. The SMILES string of the molecule is CCCc1nc(Cl)cc(Sc2cccc(Cl)c2)n1. The molecule has 0 radical (unpaired) electrons. The molecule has 0 unspecified atom stereocenters. The molecule has 1 aromatic heterocycles. The van der Waals surface area contributed by atoms with E-state index < -0.39 is 0 Å². The first-order chi connectivity index (χ1) is 8.67. The van der Waals surface area contributed by atoms with Crippen molar-refractivity contribution in [1.29, 1.82) is 0 Å². The Hall–Kier alpha value is -0.770. The second-order valence-corrected chi connectivity index (χ2v) is 5.67. The van der Waals surface area contributed by atoms with Crippen LogP contribution in [0.1, 0.15) is 19.2 Å². The zero-order valence-electron chi connectivity index (χ0n) is 9.86. The van der Waals surface area contributed by atoms with Gasteiger partial charge in [-0.15, -0.1) is 0 Å². The Labute approximate surface area is 121 Å². The lowest BCUT2D eigenvalue weighted by Gasteiger charge is -2.04. The lowest BCUT2D eigenvalue weighted by atomic mass is 10.3. The fourth-order valence-electron chi connectivity index (χ4n) is 1.48. The molecule has 0 saturated carbocycles. The molecule has 2 aromatic rings. The maximum atomic E-state index is 5.99. The molecular weight excluding hydrogens is 287 g/mol. The number of hydrogen-bond donors (Lipinski definition) is 0. The van der Waals surface area contributed by atoms with Crippen LogP contribution in [0, 0.1) is 0 Å². The van der Waals surface area contributed by atoms with Gasteiger partial charge in [-0.1, -0.05) is 48.0 Å². The summed E-state index contributed by atoms with van der Waals surface area (Å²) in [4.78, 5) is 9.71. The van der Waals surface area contributed by atoms with Crippen molar-refractivity contribution in [3.05, 3.63) is 46.3 Å². The molecule has 1 aromatic carbocycles. The molecule has 18 heavy (non-hydrogen) atoms. The van der Waals surface area contributed by atoms with Crippen LogP contribution in [0.15, 0.2) is 40.3 Å². The van der Waals surface area contributed by atoms with Gasteiger partial charge in [0.2, 0.25) is 0 Å². The quantitative estimate of drug-likeness (QED) is 0.752. The maximum absolute atomic E-state index is 5.99. The first-order valence-corrected chi connectivity index (χ1v) is 7.21. The van der Waals surface area contributed by atoms with Crippen LogP contribution in [0.4, 0.5) is 0 Å². The molecule has 94 valence electrons. The van der Waals surface area contributed by atoms with Gasteiger partial charge in [0.15, 0.2) is 0 Å². The molecule has 0 aliphatic rings. The van der Waals surface area contributed by atoms with Crippen molar-refractivity contribution < 1.29 is 0 Å². The third kappa shape index (κ3) is 3.87. The highest BCUT2D eigenvalue weighted by molar-refractivity contribution is 7.99. The molecule has 0 bridgehead atoms. The Kier molecular flexibility index (Phi) is 4.87. The van der Waals surface area contributed by atoms with Gasteiger partial charge in [0.05, 0.1) is 0 Å². The van der Waals surface area contributed by atoms with Gasteiger partial charge in [-0.2, -0.15) is 0 Å². The molecule has 0 amide bonds. The van der Waals surface area contributed by atoms with E-state index in [-0.39, 0.29) is 0 Å². The minimum absolute atomic E-state index is 0.484. The molecule has 0 aliphatic carbocycles. The molecule has 0 saturated heterocycles. The molecule has 2 nitrogen and oxygen atoms in total. The van der Waals surface area contributed by atoms with Crippen molar-refractivity contribution in [2.75, 3.05) is 0 Å². The van der Waals surface area contributed by atoms with E-state index in [2.05, 4.69) is 16.9 Å². The largest absolute Gasteiger partial charge is 0.226 e. The topological polar surface area (TPSA) is 25.8 Å². The fourth-order valence-corrected chi connectivity index (χ4v) is 2.90. The number of aromatic nitrogens is 2. The highest BCUT2D eigenvalue weighted by atomic mass is 35.5. The smallest absolute Gasteiger partial charge is 0.133 e. The second kappa shape index (κ2) is 6.41. The summed E-state index contributed by atoms with van der Waals surface area (Å²) < 4.78 is 0. The van der Waals surface area contributed by atoms with Crippen LogP contribution >= 0.6 is 35.0 Å². The summed E-state index contributed by atoms with van der Waals surface area (Å²) in [5.74, 6) is 0.787. The number of aryl methyl sites for hydroxylation is 1. The van der Waals surface area contributed by atoms with E-state index >= 15 is 0 Å². The van der Waals surface area contributed by atoms with Gasteiger partial charge in [-0.05, 0) is 24.6 Å². The van der Waals surface area contributed by atoms with E-state index in [1.54, 1.807) is 6.07 Å². The van der Waals surface area contributed by atoms with Gasteiger partial charge in [0.25, 0.3) is 0 Å². The van der Waals surface area contributed by atoms with Crippen molar-refractivity contribution in [3.63, 3.8) is 0 Å². The Morgan fingerprint density at radius 2 is 2.00 bits per heavy atom. The van der Waals surface area contributed by atoms with Crippen LogP contribution in [0.2, 0.25) is 10.2 Å². The summed E-state index contributed by atoms with van der Waals surface area (Å²) in [5.41, 5.74) is 0. The molecular formula is C13H12Cl2N2S. The van der Waals surface area contributed by atoms with Crippen molar-refractivity contribution in [2.45, 2.75) is 29.7 Å². The number of hydrogen-bond acceptors (Lipinski definition) is 3. The third-order valence-electron chi connectivity index (χ3n) is 2.21. The van der Waals surface area contributed by atoms with Gasteiger partial charge in [-0.3, -0.25) is 0 Å². The number of rotatable bonds is 4. The highest BCUT2D eigenvalue weighted by Crippen LogP contribution is 2.29. The molecule has 0 fully saturated rings. The predicted molar refractivity (Wildman–Crippen MR) is 76.6 cm³/mol. The zero-order chi connectivity index (χ0) is 13.0. The van der Waals surface area contributed by atoms with Gasteiger partial charge in [0.1, 0.15) is 16.0 Å². The summed E-state index contributed by atoms with van der Waals surface area (Å²) in [6.07, 6.45) is 1.84. The van der Waals surface area contributed by atoms with Crippen molar-refractivity contribution in [1.82, 2.24) is 9.97 Å². The van der Waals surface area contributed by atoms with Crippen LogP contribution in [-0.2, 0) is 6.42 Å². The second-order valence-electron chi connectivity index (χ2n) is 3.75. The number of halogens is 2. The number of nitrogens with zero attached hydrogens (tertiary/aromatic N) is 2. The van der Waals surface area contributed by atoms with Crippen molar-refractivity contribution >= 4 is 35.0 Å². The molecule has 1 heterocycles. The lowest BCUT2D eigenvalue weighted by Crippen LogP contribution is -1.96. The molecule has 0 N–H and O–H groups in total. The Balaban J connectivity index is 2.23. The van der Waals surface area contributed by atoms with E-state index in [1.165, 1.54) is 11.8 Å². The molecule has 2 rings (SSSR count). The van der Waals surface area contributed by atoms with Crippen molar-refractivity contribution in [3.8, 4) is 0 Å². The van der Waals surface area contributed by atoms with Gasteiger partial charge in [-0.25, -0.2) is 9.97 Å². The Morgan fingerprint density at radius 3 is 2.72 bits per heavy atom. The summed E-state index contributed by atoms with van der Waals surface area (Å²) in [5, 5.41) is 2.05.